The second-order valence-electron chi connectivity index (χ2n) is 5.65. The summed E-state index contributed by atoms with van der Waals surface area (Å²) in [5.74, 6) is -0.256. The van der Waals surface area contributed by atoms with Gasteiger partial charge < -0.3 is 15.3 Å². The molecule has 1 atom stereocenters. The summed E-state index contributed by atoms with van der Waals surface area (Å²) < 4.78 is 0. The molecule has 2 heterocycles. The second kappa shape index (κ2) is 6.95. The normalized spacial score (nSPS) is 16.0. The van der Waals surface area contributed by atoms with Gasteiger partial charge in [0.25, 0.3) is 5.91 Å². The van der Waals surface area contributed by atoms with E-state index >= 15 is 0 Å². The highest BCUT2D eigenvalue weighted by molar-refractivity contribution is 7.16. The molecule has 1 aliphatic rings. The van der Waals surface area contributed by atoms with E-state index in [1.807, 2.05) is 13.8 Å². The van der Waals surface area contributed by atoms with Gasteiger partial charge in [0.1, 0.15) is 16.8 Å². The number of carbonyl (C=O) groups excluding carboxylic acids is 1. The number of aryl methyl sites for hydroxylation is 1. The average molecular weight is 355 g/mol. The number of amides is 1. The number of anilines is 1. The van der Waals surface area contributed by atoms with E-state index in [0.717, 1.165) is 16.9 Å². The lowest BCUT2D eigenvalue weighted by Crippen LogP contribution is -2.28. The fourth-order valence-corrected chi connectivity index (χ4v) is 3.90. The van der Waals surface area contributed by atoms with Crippen LogP contribution in [0.3, 0.4) is 0 Å². The highest BCUT2D eigenvalue weighted by atomic mass is 32.1. The summed E-state index contributed by atoms with van der Waals surface area (Å²) in [5.41, 5.74) is 2.55. The number of phenolic OH excluding ortho intramolecular Hbond substituents is 1. The van der Waals surface area contributed by atoms with E-state index in [4.69, 9.17) is 4.84 Å². The van der Waals surface area contributed by atoms with Gasteiger partial charge in [0.2, 0.25) is 6.10 Å². The zero-order valence-electron chi connectivity index (χ0n) is 13.9. The van der Waals surface area contributed by atoms with Crippen molar-refractivity contribution in [3.8, 4) is 11.8 Å². The van der Waals surface area contributed by atoms with Crippen molar-refractivity contribution in [2.75, 3.05) is 5.32 Å². The lowest BCUT2D eigenvalue weighted by molar-refractivity contribution is -0.125. The Labute approximate surface area is 149 Å². The highest BCUT2D eigenvalue weighted by Gasteiger charge is 2.31. The van der Waals surface area contributed by atoms with E-state index in [1.54, 1.807) is 24.3 Å². The lowest BCUT2D eigenvalue weighted by Gasteiger charge is -2.08. The number of thiophene rings is 1. The van der Waals surface area contributed by atoms with Gasteiger partial charge in [-0.1, -0.05) is 24.2 Å². The Hall–Kier alpha value is -2.85. The van der Waals surface area contributed by atoms with Gasteiger partial charge in [-0.3, -0.25) is 4.79 Å². The van der Waals surface area contributed by atoms with E-state index in [2.05, 4.69) is 16.5 Å². The molecule has 0 fully saturated rings. The lowest BCUT2D eigenvalue weighted by atomic mass is 10.0. The third-order valence-electron chi connectivity index (χ3n) is 4.09. The van der Waals surface area contributed by atoms with Crippen molar-refractivity contribution < 1.29 is 14.7 Å². The zero-order chi connectivity index (χ0) is 18.0. The van der Waals surface area contributed by atoms with Crippen LogP contribution in [0.1, 0.15) is 34.9 Å². The third-order valence-corrected chi connectivity index (χ3v) is 5.15. The van der Waals surface area contributed by atoms with Gasteiger partial charge in [0, 0.05) is 16.9 Å². The first-order valence-corrected chi connectivity index (χ1v) is 8.71. The molecule has 0 bridgehead atoms. The Balaban J connectivity index is 1.73. The molecule has 25 heavy (non-hydrogen) atoms. The van der Waals surface area contributed by atoms with Gasteiger partial charge in [0.15, 0.2) is 0 Å². The van der Waals surface area contributed by atoms with Crippen molar-refractivity contribution in [3.63, 3.8) is 0 Å². The number of hydrogen-bond donors (Lipinski definition) is 2. The first-order valence-electron chi connectivity index (χ1n) is 7.89. The molecule has 1 aromatic carbocycles. The number of nitrogens with zero attached hydrogens (tertiary/aromatic N) is 2. The standard InChI is InChI=1S/C18H17N3O3S/c1-3-11-10(2)25-18(13(11)9-19)20-17(23)16-8-14(21-24-16)12-6-4-5-7-15(12)22/h4-7,16,22H,3,8H2,1-2H3,(H,20,23). The van der Waals surface area contributed by atoms with Gasteiger partial charge in [-0.2, -0.15) is 5.26 Å². The van der Waals surface area contributed by atoms with Crippen molar-refractivity contribution >= 4 is 28.0 Å². The fraction of sp³-hybridized carbons (Fsp3) is 0.278. The number of oxime groups is 1. The van der Waals surface area contributed by atoms with Crippen LogP contribution < -0.4 is 5.32 Å². The molecule has 1 unspecified atom stereocenters. The second-order valence-corrected chi connectivity index (χ2v) is 6.87. The molecule has 7 heteroatoms. The topological polar surface area (TPSA) is 94.7 Å². The van der Waals surface area contributed by atoms with Gasteiger partial charge in [0.05, 0.1) is 11.3 Å². The number of para-hydroxylation sites is 1. The third kappa shape index (κ3) is 3.21. The summed E-state index contributed by atoms with van der Waals surface area (Å²) >= 11 is 1.39. The number of benzene rings is 1. The predicted octanol–water partition coefficient (Wildman–Crippen LogP) is 3.33. The summed E-state index contributed by atoms with van der Waals surface area (Å²) in [6.07, 6.45) is 0.214. The minimum absolute atomic E-state index is 0.0964. The first kappa shape index (κ1) is 17.0. The van der Waals surface area contributed by atoms with Crippen LogP contribution in [0.5, 0.6) is 5.75 Å². The molecule has 0 saturated carbocycles. The van der Waals surface area contributed by atoms with Gasteiger partial charge in [-0.15, -0.1) is 11.3 Å². The molecule has 2 aromatic rings. The number of hydrogen-bond acceptors (Lipinski definition) is 6. The fourth-order valence-electron chi connectivity index (χ4n) is 2.80. The zero-order valence-corrected chi connectivity index (χ0v) is 14.7. The SMILES string of the molecule is CCc1c(C)sc(NC(=O)C2CC(c3ccccc3O)=NO2)c1C#N. The van der Waals surface area contributed by atoms with Crippen LogP contribution in [0, 0.1) is 18.3 Å². The van der Waals surface area contributed by atoms with Crippen molar-refractivity contribution in [3.05, 3.63) is 45.8 Å². The molecule has 2 N–H and O–H groups in total. The molecule has 3 rings (SSSR count). The quantitative estimate of drug-likeness (QED) is 0.879. The van der Waals surface area contributed by atoms with Crippen LogP contribution in [-0.4, -0.2) is 22.8 Å². The van der Waals surface area contributed by atoms with Crippen molar-refractivity contribution in [2.24, 2.45) is 5.16 Å². The maximum atomic E-state index is 12.5. The summed E-state index contributed by atoms with van der Waals surface area (Å²) in [7, 11) is 0. The van der Waals surface area contributed by atoms with Crippen LogP contribution in [0.15, 0.2) is 29.4 Å². The highest BCUT2D eigenvalue weighted by Crippen LogP contribution is 2.33. The molecule has 0 radical (unpaired) electrons. The van der Waals surface area contributed by atoms with Crippen molar-refractivity contribution in [1.82, 2.24) is 0 Å². The Morgan fingerprint density at radius 1 is 1.52 bits per heavy atom. The van der Waals surface area contributed by atoms with Crippen LogP contribution in [-0.2, 0) is 16.1 Å². The molecule has 0 aliphatic carbocycles. The smallest absolute Gasteiger partial charge is 0.269 e. The molecule has 128 valence electrons. The molecule has 1 amide bonds. The molecular formula is C18H17N3O3S. The molecular weight excluding hydrogens is 338 g/mol. The Morgan fingerprint density at radius 3 is 2.96 bits per heavy atom. The number of nitrogens with one attached hydrogen (secondary N) is 1. The van der Waals surface area contributed by atoms with Crippen molar-refractivity contribution in [1.29, 1.82) is 5.26 Å². The number of nitriles is 1. The minimum atomic E-state index is -0.784. The maximum absolute atomic E-state index is 12.5. The molecule has 0 saturated heterocycles. The van der Waals surface area contributed by atoms with Crippen LogP contribution in [0.2, 0.25) is 0 Å². The van der Waals surface area contributed by atoms with Gasteiger partial charge >= 0.3 is 0 Å². The van der Waals surface area contributed by atoms with E-state index < -0.39 is 6.10 Å². The molecule has 6 nitrogen and oxygen atoms in total. The first-order chi connectivity index (χ1) is 12.0. The van der Waals surface area contributed by atoms with E-state index in [1.165, 1.54) is 11.3 Å². The number of phenols is 1. The Kier molecular flexibility index (Phi) is 4.72. The van der Waals surface area contributed by atoms with E-state index in [0.29, 0.717) is 21.8 Å². The molecule has 1 aromatic heterocycles. The number of aromatic hydroxyl groups is 1. The molecule has 0 spiro atoms. The van der Waals surface area contributed by atoms with E-state index in [-0.39, 0.29) is 18.1 Å². The number of rotatable bonds is 4. The van der Waals surface area contributed by atoms with Crippen LogP contribution >= 0.6 is 11.3 Å². The summed E-state index contributed by atoms with van der Waals surface area (Å²) in [5, 5.41) is 26.5. The average Bonchev–Trinajstić information content (AvgIpc) is 3.19. The van der Waals surface area contributed by atoms with Gasteiger partial charge in [-0.05, 0) is 31.0 Å². The summed E-state index contributed by atoms with van der Waals surface area (Å²) in [6, 6.07) is 8.95. The maximum Gasteiger partial charge on any atom is 0.269 e. The molecule has 1 aliphatic heterocycles. The van der Waals surface area contributed by atoms with Crippen LogP contribution in [0.25, 0.3) is 0 Å². The summed E-state index contributed by atoms with van der Waals surface area (Å²) in [6.45, 7) is 3.92. The summed E-state index contributed by atoms with van der Waals surface area (Å²) in [4.78, 5) is 18.7. The largest absolute Gasteiger partial charge is 0.507 e. The van der Waals surface area contributed by atoms with Crippen molar-refractivity contribution in [2.45, 2.75) is 32.8 Å². The Morgan fingerprint density at radius 2 is 2.28 bits per heavy atom. The van der Waals surface area contributed by atoms with Crippen LogP contribution in [0.4, 0.5) is 5.00 Å². The number of carbonyl (C=O) groups is 1. The predicted molar refractivity (Wildman–Crippen MR) is 95.9 cm³/mol. The Bertz CT molecular complexity index is 895. The minimum Gasteiger partial charge on any atom is -0.507 e. The van der Waals surface area contributed by atoms with E-state index in [9.17, 15) is 15.2 Å². The van der Waals surface area contributed by atoms with Gasteiger partial charge in [-0.25, -0.2) is 0 Å². The monoisotopic (exact) mass is 355 g/mol.